The van der Waals surface area contributed by atoms with Crippen LogP contribution in [-0.4, -0.2) is 26.9 Å². The van der Waals surface area contributed by atoms with Gasteiger partial charge in [-0.05, 0) is 12.8 Å². The van der Waals surface area contributed by atoms with Gasteiger partial charge in [0.2, 0.25) is 0 Å². The lowest BCUT2D eigenvalue weighted by Gasteiger charge is -2.43. The number of hydrogen-bond acceptors (Lipinski definition) is 4. The second-order valence-electron chi connectivity index (χ2n) is 5.13. The number of halogens is 1. The minimum absolute atomic E-state index is 0.0869. The van der Waals surface area contributed by atoms with Gasteiger partial charge in [0.25, 0.3) is 0 Å². The predicted octanol–water partition coefficient (Wildman–Crippen LogP) is 2.50. The van der Waals surface area contributed by atoms with E-state index in [-0.39, 0.29) is 5.41 Å². The zero-order valence-corrected chi connectivity index (χ0v) is 11.8. The smallest absolute Gasteiger partial charge is 0.166 e. The molecule has 1 aromatic rings. The molecule has 0 bridgehead atoms. The van der Waals surface area contributed by atoms with Crippen molar-refractivity contribution >= 4 is 11.6 Å². The first-order valence-corrected chi connectivity index (χ1v) is 6.96. The molecule has 19 heavy (non-hydrogen) atoms. The lowest BCUT2D eigenvalue weighted by Crippen LogP contribution is -2.42. The van der Waals surface area contributed by atoms with Gasteiger partial charge < -0.3 is 19.9 Å². The van der Waals surface area contributed by atoms with Crippen molar-refractivity contribution in [1.82, 2.24) is 0 Å². The summed E-state index contributed by atoms with van der Waals surface area (Å²) in [6.45, 7) is 1.66. The van der Waals surface area contributed by atoms with E-state index < -0.39 is 0 Å². The minimum atomic E-state index is -0.0869. The molecule has 2 N–H and O–H groups in total. The summed E-state index contributed by atoms with van der Waals surface area (Å²) < 4.78 is 16.8. The highest BCUT2D eigenvalue weighted by atomic mass is 35.5. The van der Waals surface area contributed by atoms with Crippen LogP contribution in [0.2, 0.25) is 5.02 Å². The Balaban J connectivity index is 2.20. The first kappa shape index (κ1) is 12.9. The third kappa shape index (κ3) is 1.85. The molecule has 0 aromatic heterocycles. The van der Waals surface area contributed by atoms with Gasteiger partial charge in [-0.25, -0.2) is 0 Å². The summed E-state index contributed by atoms with van der Waals surface area (Å²) in [6.07, 6.45) is 3.23. The van der Waals surface area contributed by atoms with E-state index in [0.717, 1.165) is 24.2 Å². The van der Waals surface area contributed by atoms with Crippen LogP contribution in [0, 0.1) is 0 Å². The van der Waals surface area contributed by atoms with Crippen LogP contribution in [0.4, 0.5) is 0 Å². The summed E-state index contributed by atoms with van der Waals surface area (Å²) in [6, 6.07) is 1.79. The maximum Gasteiger partial charge on any atom is 0.166 e. The average Bonchev–Trinajstić information content (AvgIpc) is 2.40. The number of fused-ring (bicyclic) bond motifs is 1. The van der Waals surface area contributed by atoms with Crippen molar-refractivity contribution in [2.75, 3.05) is 26.9 Å². The molecular formula is C14H18ClNO3. The fraction of sp³-hybridized carbons (Fsp3) is 0.571. The van der Waals surface area contributed by atoms with E-state index in [2.05, 4.69) is 0 Å². The first-order chi connectivity index (χ1) is 9.22. The summed E-state index contributed by atoms with van der Waals surface area (Å²) in [5.74, 6) is 2.09. The summed E-state index contributed by atoms with van der Waals surface area (Å²) in [5, 5.41) is 0.608. The van der Waals surface area contributed by atoms with Crippen molar-refractivity contribution in [3.8, 4) is 17.2 Å². The Kier molecular flexibility index (Phi) is 3.23. The molecule has 4 nitrogen and oxygen atoms in total. The van der Waals surface area contributed by atoms with Crippen molar-refractivity contribution in [3.63, 3.8) is 0 Å². The van der Waals surface area contributed by atoms with Crippen molar-refractivity contribution in [2.45, 2.75) is 24.7 Å². The molecule has 1 saturated carbocycles. The summed E-state index contributed by atoms with van der Waals surface area (Å²) in [5.41, 5.74) is 6.88. The van der Waals surface area contributed by atoms with Gasteiger partial charge in [-0.2, -0.15) is 0 Å². The molecule has 0 atom stereocenters. The Bertz CT molecular complexity index is 494. The molecule has 2 aliphatic rings. The van der Waals surface area contributed by atoms with Crippen LogP contribution in [0.15, 0.2) is 6.07 Å². The molecule has 0 saturated heterocycles. The van der Waals surface area contributed by atoms with Gasteiger partial charge in [0, 0.05) is 23.6 Å². The van der Waals surface area contributed by atoms with Gasteiger partial charge in [0.1, 0.15) is 19.0 Å². The van der Waals surface area contributed by atoms with Crippen molar-refractivity contribution < 1.29 is 14.2 Å². The number of benzene rings is 1. The molecule has 0 radical (unpaired) electrons. The lowest BCUT2D eigenvalue weighted by atomic mass is 9.64. The SMILES string of the molecule is COc1cc2c(c(C3(CN)CCC3)c1Cl)OCCO2. The quantitative estimate of drug-likeness (QED) is 0.926. The Morgan fingerprint density at radius 2 is 2.11 bits per heavy atom. The molecule has 0 unspecified atom stereocenters. The number of rotatable bonds is 3. The molecular weight excluding hydrogens is 266 g/mol. The second kappa shape index (κ2) is 4.76. The van der Waals surface area contributed by atoms with Crippen molar-refractivity contribution in [2.24, 2.45) is 5.73 Å². The van der Waals surface area contributed by atoms with Crippen LogP contribution in [-0.2, 0) is 5.41 Å². The highest BCUT2D eigenvalue weighted by Gasteiger charge is 2.43. The molecule has 0 amide bonds. The summed E-state index contributed by atoms with van der Waals surface area (Å²) in [4.78, 5) is 0. The van der Waals surface area contributed by atoms with E-state index in [4.69, 9.17) is 31.5 Å². The van der Waals surface area contributed by atoms with Crippen LogP contribution in [0.5, 0.6) is 17.2 Å². The highest BCUT2D eigenvalue weighted by molar-refractivity contribution is 6.33. The largest absolute Gasteiger partial charge is 0.495 e. The molecule has 0 spiro atoms. The van der Waals surface area contributed by atoms with Gasteiger partial charge in [-0.3, -0.25) is 0 Å². The van der Waals surface area contributed by atoms with Gasteiger partial charge in [0.15, 0.2) is 11.5 Å². The average molecular weight is 284 g/mol. The Hall–Kier alpha value is -1.13. The molecule has 1 heterocycles. The monoisotopic (exact) mass is 283 g/mol. The number of methoxy groups -OCH3 is 1. The van der Waals surface area contributed by atoms with Crippen LogP contribution < -0.4 is 19.9 Å². The third-order valence-electron chi connectivity index (χ3n) is 4.19. The van der Waals surface area contributed by atoms with Crippen molar-refractivity contribution in [3.05, 3.63) is 16.7 Å². The zero-order chi connectivity index (χ0) is 13.5. The molecule has 1 aliphatic heterocycles. The van der Waals surface area contributed by atoms with E-state index >= 15 is 0 Å². The van der Waals surface area contributed by atoms with Gasteiger partial charge in [0.05, 0.1) is 12.1 Å². The minimum Gasteiger partial charge on any atom is -0.495 e. The van der Waals surface area contributed by atoms with Crippen LogP contribution in [0.1, 0.15) is 24.8 Å². The fourth-order valence-corrected chi connectivity index (χ4v) is 3.34. The maximum absolute atomic E-state index is 6.51. The zero-order valence-electron chi connectivity index (χ0n) is 11.0. The van der Waals surface area contributed by atoms with Crippen LogP contribution in [0.25, 0.3) is 0 Å². The van der Waals surface area contributed by atoms with Crippen LogP contribution in [0.3, 0.4) is 0 Å². The van der Waals surface area contributed by atoms with Gasteiger partial charge in [-0.15, -0.1) is 0 Å². The normalized spacial score (nSPS) is 19.7. The number of ether oxygens (including phenoxy) is 3. The lowest BCUT2D eigenvalue weighted by molar-refractivity contribution is 0.159. The first-order valence-electron chi connectivity index (χ1n) is 6.58. The summed E-state index contributed by atoms with van der Waals surface area (Å²) >= 11 is 6.51. The van der Waals surface area contributed by atoms with E-state index in [9.17, 15) is 0 Å². The van der Waals surface area contributed by atoms with E-state index in [0.29, 0.717) is 36.3 Å². The molecule has 3 rings (SSSR count). The van der Waals surface area contributed by atoms with E-state index in [1.165, 1.54) is 6.42 Å². The highest BCUT2D eigenvalue weighted by Crippen LogP contribution is 2.55. The topological polar surface area (TPSA) is 53.7 Å². The number of hydrogen-bond donors (Lipinski definition) is 1. The predicted molar refractivity (Wildman–Crippen MR) is 73.6 cm³/mol. The van der Waals surface area contributed by atoms with Gasteiger partial charge in [-0.1, -0.05) is 18.0 Å². The Labute approximate surface area is 117 Å². The molecule has 1 aromatic carbocycles. The maximum atomic E-state index is 6.51. The third-order valence-corrected chi connectivity index (χ3v) is 4.56. The fourth-order valence-electron chi connectivity index (χ4n) is 2.92. The molecule has 104 valence electrons. The Morgan fingerprint density at radius 3 is 2.68 bits per heavy atom. The standard InChI is InChI=1S/C14H18ClNO3/c1-17-9-7-10-13(19-6-5-18-10)11(12(9)15)14(8-16)3-2-4-14/h7H,2-6,8,16H2,1H3. The van der Waals surface area contributed by atoms with Crippen molar-refractivity contribution in [1.29, 1.82) is 0 Å². The Morgan fingerprint density at radius 1 is 1.37 bits per heavy atom. The van der Waals surface area contributed by atoms with E-state index in [1.807, 2.05) is 0 Å². The summed E-state index contributed by atoms with van der Waals surface area (Å²) in [7, 11) is 1.61. The van der Waals surface area contributed by atoms with E-state index in [1.54, 1.807) is 13.2 Å². The molecule has 5 heteroatoms. The molecule has 1 aliphatic carbocycles. The number of nitrogens with two attached hydrogens (primary N) is 1. The molecule has 1 fully saturated rings. The van der Waals surface area contributed by atoms with Gasteiger partial charge >= 0.3 is 0 Å². The van der Waals surface area contributed by atoms with Crippen LogP contribution >= 0.6 is 11.6 Å². The second-order valence-corrected chi connectivity index (χ2v) is 5.51.